The Labute approximate surface area is 128 Å². The number of sulfonamides is 1. The highest BCUT2D eigenvalue weighted by Crippen LogP contribution is 2.10. The van der Waals surface area contributed by atoms with E-state index in [0.717, 1.165) is 10.7 Å². The number of nitrogens with zero attached hydrogens (tertiary/aromatic N) is 1. The number of benzene rings is 1. The summed E-state index contributed by atoms with van der Waals surface area (Å²) in [5.74, 6) is -0.0856. The van der Waals surface area contributed by atoms with Crippen molar-refractivity contribution in [3.05, 3.63) is 51.5 Å². The summed E-state index contributed by atoms with van der Waals surface area (Å²) in [5, 5.41) is 11.9. The zero-order valence-corrected chi connectivity index (χ0v) is 13.4. The van der Waals surface area contributed by atoms with Crippen LogP contribution in [-0.2, 0) is 28.8 Å². The van der Waals surface area contributed by atoms with Crippen LogP contribution in [0.15, 0.2) is 29.6 Å². The lowest BCUT2D eigenvalue weighted by Crippen LogP contribution is -2.27. The number of aryl methyl sites for hydroxylation is 1. The number of aliphatic hydroxyl groups is 1. The Morgan fingerprint density at radius 1 is 1.33 bits per heavy atom. The number of aliphatic hydroxyl groups excluding tert-OH is 1. The van der Waals surface area contributed by atoms with E-state index in [1.165, 1.54) is 11.3 Å². The summed E-state index contributed by atoms with van der Waals surface area (Å²) < 4.78 is 26.6. The highest BCUT2D eigenvalue weighted by atomic mass is 32.2. The lowest BCUT2D eigenvalue weighted by molar-refractivity contribution is 0.282. The van der Waals surface area contributed by atoms with Gasteiger partial charge in [0.15, 0.2) is 0 Å². The standard InChI is InChI=1S/C14H18N2O3S2/c1-11-9-20-14(16-11)5-6-15-21(18,19)10-13-4-2-3-12(7-13)8-17/h2-4,7,9,15,17H,5-6,8,10H2,1H3. The Balaban J connectivity index is 1.89. The minimum absolute atomic E-state index is 0.0856. The molecule has 114 valence electrons. The van der Waals surface area contributed by atoms with Crippen LogP contribution in [0.25, 0.3) is 0 Å². The molecule has 0 aliphatic rings. The van der Waals surface area contributed by atoms with Gasteiger partial charge in [0.1, 0.15) is 0 Å². The fraction of sp³-hybridized carbons (Fsp3) is 0.357. The van der Waals surface area contributed by atoms with Gasteiger partial charge in [-0.15, -0.1) is 11.3 Å². The molecule has 2 rings (SSSR count). The molecule has 0 bridgehead atoms. The molecule has 1 aromatic carbocycles. The molecule has 0 unspecified atom stereocenters. The maximum Gasteiger partial charge on any atom is 0.215 e. The lowest BCUT2D eigenvalue weighted by atomic mass is 10.1. The Hall–Kier alpha value is -1.28. The van der Waals surface area contributed by atoms with Gasteiger partial charge in [0.25, 0.3) is 0 Å². The van der Waals surface area contributed by atoms with Crippen LogP contribution in [0.4, 0.5) is 0 Å². The predicted molar refractivity (Wildman–Crippen MR) is 83.5 cm³/mol. The smallest absolute Gasteiger partial charge is 0.215 e. The minimum Gasteiger partial charge on any atom is -0.392 e. The van der Waals surface area contributed by atoms with Crippen molar-refractivity contribution in [2.45, 2.75) is 25.7 Å². The molecule has 0 aliphatic heterocycles. The third kappa shape index (κ3) is 5.20. The monoisotopic (exact) mass is 326 g/mol. The topological polar surface area (TPSA) is 79.3 Å². The molecule has 0 saturated heterocycles. The number of hydrogen-bond acceptors (Lipinski definition) is 5. The van der Waals surface area contributed by atoms with Crippen LogP contribution >= 0.6 is 11.3 Å². The van der Waals surface area contributed by atoms with Gasteiger partial charge in [0, 0.05) is 24.0 Å². The second-order valence-electron chi connectivity index (χ2n) is 4.76. The molecule has 2 N–H and O–H groups in total. The van der Waals surface area contributed by atoms with E-state index in [1.807, 2.05) is 12.3 Å². The third-order valence-electron chi connectivity index (χ3n) is 2.86. The molecule has 5 nitrogen and oxygen atoms in total. The van der Waals surface area contributed by atoms with Crippen molar-refractivity contribution in [2.24, 2.45) is 0 Å². The fourth-order valence-electron chi connectivity index (χ4n) is 1.92. The second-order valence-corrected chi connectivity index (χ2v) is 7.51. The average molecular weight is 326 g/mol. The van der Waals surface area contributed by atoms with Gasteiger partial charge in [-0.3, -0.25) is 0 Å². The van der Waals surface area contributed by atoms with E-state index in [9.17, 15) is 8.42 Å². The molecule has 1 aromatic heterocycles. The SMILES string of the molecule is Cc1csc(CCNS(=O)(=O)Cc2cccc(CO)c2)n1. The first-order valence-electron chi connectivity index (χ1n) is 6.55. The van der Waals surface area contributed by atoms with E-state index in [0.29, 0.717) is 24.1 Å². The van der Waals surface area contributed by atoms with Crippen LogP contribution in [0.3, 0.4) is 0 Å². The van der Waals surface area contributed by atoms with Crippen molar-refractivity contribution in [3.8, 4) is 0 Å². The van der Waals surface area contributed by atoms with Crippen molar-refractivity contribution in [2.75, 3.05) is 6.54 Å². The van der Waals surface area contributed by atoms with Crippen molar-refractivity contribution in [1.82, 2.24) is 9.71 Å². The maximum atomic E-state index is 12.0. The largest absolute Gasteiger partial charge is 0.392 e. The fourth-order valence-corrected chi connectivity index (χ4v) is 3.83. The first kappa shape index (κ1) is 16.1. The van der Waals surface area contributed by atoms with E-state index in [4.69, 9.17) is 5.11 Å². The van der Waals surface area contributed by atoms with Gasteiger partial charge >= 0.3 is 0 Å². The normalized spacial score (nSPS) is 11.7. The Bertz CT molecular complexity index is 696. The Morgan fingerprint density at radius 2 is 2.10 bits per heavy atom. The summed E-state index contributed by atoms with van der Waals surface area (Å²) in [5.41, 5.74) is 2.33. The van der Waals surface area contributed by atoms with E-state index in [-0.39, 0.29) is 12.4 Å². The number of hydrogen-bond donors (Lipinski definition) is 2. The van der Waals surface area contributed by atoms with Gasteiger partial charge in [0.05, 0.1) is 17.4 Å². The highest BCUT2D eigenvalue weighted by Gasteiger charge is 2.11. The quantitative estimate of drug-likeness (QED) is 0.810. The molecular weight excluding hydrogens is 308 g/mol. The first-order valence-corrected chi connectivity index (χ1v) is 9.09. The molecule has 7 heteroatoms. The van der Waals surface area contributed by atoms with Crippen LogP contribution in [0.1, 0.15) is 21.8 Å². The molecule has 1 heterocycles. The zero-order valence-electron chi connectivity index (χ0n) is 11.7. The Kier molecular flexibility index (Phi) is 5.46. The van der Waals surface area contributed by atoms with Crippen LogP contribution in [0.2, 0.25) is 0 Å². The maximum absolute atomic E-state index is 12.0. The van der Waals surface area contributed by atoms with E-state index in [1.54, 1.807) is 24.3 Å². The molecule has 0 spiro atoms. The summed E-state index contributed by atoms with van der Waals surface area (Å²) >= 11 is 1.54. The molecule has 2 aromatic rings. The third-order valence-corrected chi connectivity index (χ3v) is 5.24. The summed E-state index contributed by atoms with van der Waals surface area (Å²) in [6.45, 7) is 2.16. The molecular formula is C14H18N2O3S2. The number of nitrogens with one attached hydrogen (secondary N) is 1. The number of rotatable bonds is 7. The van der Waals surface area contributed by atoms with Gasteiger partial charge in [-0.05, 0) is 18.1 Å². The lowest BCUT2D eigenvalue weighted by Gasteiger charge is -2.07. The molecule has 0 saturated carbocycles. The van der Waals surface area contributed by atoms with Gasteiger partial charge in [0.2, 0.25) is 10.0 Å². The van der Waals surface area contributed by atoms with E-state index >= 15 is 0 Å². The summed E-state index contributed by atoms with van der Waals surface area (Å²) in [4.78, 5) is 4.29. The number of thiazole rings is 1. The summed E-state index contributed by atoms with van der Waals surface area (Å²) in [6, 6.07) is 6.94. The summed E-state index contributed by atoms with van der Waals surface area (Å²) in [6.07, 6.45) is 0.592. The zero-order chi connectivity index (χ0) is 15.3. The van der Waals surface area contributed by atoms with Gasteiger partial charge in [-0.2, -0.15) is 0 Å². The molecule has 0 fully saturated rings. The van der Waals surface area contributed by atoms with Crippen molar-refractivity contribution in [1.29, 1.82) is 0 Å². The van der Waals surface area contributed by atoms with E-state index in [2.05, 4.69) is 9.71 Å². The number of aromatic nitrogens is 1. The van der Waals surface area contributed by atoms with Gasteiger partial charge in [-0.25, -0.2) is 18.1 Å². The highest BCUT2D eigenvalue weighted by molar-refractivity contribution is 7.88. The predicted octanol–water partition coefficient (Wildman–Crippen LogP) is 1.61. The minimum atomic E-state index is -3.38. The van der Waals surface area contributed by atoms with Gasteiger partial charge < -0.3 is 5.11 Å². The molecule has 0 atom stereocenters. The van der Waals surface area contributed by atoms with Crippen LogP contribution in [-0.4, -0.2) is 25.1 Å². The summed E-state index contributed by atoms with van der Waals surface area (Å²) in [7, 11) is -3.38. The second kappa shape index (κ2) is 7.13. The van der Waals surface area contributed by atoms with E-state index < -0.39 is 10.0 Å². The Morgan fingerprint density at radius 3 is 2.76 bits per heavy atom. The molecule has 0 amide bonds. The van der Waals surface area contributed by atoms with Crippen LogP contribution < -0.4 is 4.72 Å². The average Bonchev–Trinajstić information content (AvgIpc) is 2.84. The first-order chi connectivity index (χ1) is 9.98. The molecule has 0 radical (unpaired) electrons. The molecule has 0 aliphatic carbocycles. The van der Waals surface area contributed by atoms with Crippen molar-refractivity contribution < 1.29 is 13.5 Å². The van der Waals surface area contributed by atoms with Gasteiger partial charge in [-0.1, -0.05) is 24.3 Å². The van der Waals surface area contributed by atoms with Crippen LogP contribution in [0, 0.1) is 6.92 Å². The molecule has 21 heavy (non-hydrogen) atoms. The van der Waals surface area contributed by atoms with Crippen molar-refractivity contribution in [3.63, 3.8) is 0 Å². The van der Waals surface area contributed by atoms with Crippen LogP contribution in [0.5, 0.6) is 0 Å². The van der Waals surface area contributed by atoms with Crippen molar-refractivity contribution >= 4 is 21.4 Å².